The van der Waals surface area contributed by atoms with Gasteiger partial charge in [-0.2, -0.15) is 9.78 Å². The van der Waals surface area contributed by atoms with E-state index in [1.165, 1.54) is 30.1 Å². The number of aromatic nitrogens is 3. The van der Waals surface area contributed by atoms with Crippen LogP contribution in [0.15, 0.2) is 46.3 Å². The minimum atomic E-state index is -3.70. The Hall–Kier alpha value is -2.11. The van der Waals surface area contributed by atoms with Gasteiger partial charge in [0.1, 0.15) is 17.7 Å². The summed E-state index contributed by atoms with van der Waals surface area (Å²) in [7, 11) is -2.21. The summed E-state index contributed by atoms with van der Waals surface area (Å²) in [5, 5.41) is 11.9. The molecule has 9 nitrogen and oxygen atoms in total. The molecule has 11 heteroatoms. The van der Waals surface area contributed by atoms with Crippen LogP contribution in [-0.4, -0.2) is 51.4 Å². The van der Waals surface area contributed by atoms with Gasteiger partial charge in [-0.15, -0.1) is 11.8 Å². The maximum absolute atomic E-state index is 12.6. The van der Waals surface area contributed by atoms with Crippen LogP contribution < -0.4 is 11.4 Å². The number of carboxylic acid groups (broad SMARTS) is 1. The topological polar surface area (TPSA) is 137 Å². The molecule has 1 aromatic heterocycles. The van der Waals surface area contributed by atoms with Crippen molar-refractivity contribution in [1.29, 1.82) is 0 Å². The van der Waals surface area contributed by atoms with E-state index in [9.17, 15) is 18.0 Å². The van der Waals surface area contributed by atoms with Gasteiger partial charge in [-0.1, -0.05) is 18.2 Å². The van der Waals surface area contributed by atoms with Crippen molar-refractivity contribution in [1.82, 2.24) is 14.3 Å². The van der Waals surface area contributed by atoms with Gasteiger partial charge in [0.05, 0.1) is 10.6 Å². The van der Waals surface area contributed by atoms with Crippen LogP contribution >= 0.6 is 11.8 Å². The monoisotopic (exact) mass is 386 g/mol. The zero-order valence-corrected chi connectivity index (χ0v) is 15.0. The van der Waals surface area contributed by atoms with Crippen molar-refractivity contribution < 1.29 is 18.3 Å². The molecule has 0 bridgehead atoms. The standard InChI is InChI=1S/C14H18N4O5S2/c1-17-9-16-18(14(17)21)12(24-7-11(15)13(19)20)8-25(22,23)10-5-3-2-4-6-10/h2-6,9,11-12H,7-8,15H2,1H3,(H,19,20). The summed E-state index contributed by atoms with van der Waals surface area (Å²) in [5.41, 5.74) is 4.98. The third kappa shape index (κ3) is 4.71. The lowest BCUT2D eigenvalue weighted by molar-refractivity contribution is -0.137. The van der Waals surface area contributed by atoms with E-state index in [0.717, 1.165) is 16.4 Å². The van der Waals surface area contributed by atoms with E-state index < -0.39 is 38.7 Å². The molecule has 0 amide bonds. The molecule has 2 unspecified atom stereocenters. The average molecular weight is 386 g/mol. The summed E-state index contributed by atoms with van der Waals surface area (Å²) >= 11 is 0.962. The normalized spacial score (nSPS) is 14.2. The van der Waals surface area contributed by atoms with Crippen molar-refractivity contribution in [3.05, 3.63) is 47.1 Å². The van der Waals surface area contributed by atoms with Crippen LogP contribution in [-0.2, 0) is 21.7 Å². The smallest absolute Gasteiger partial charge is 0.346 e. The van der Waals surface area contributed by atoms with Crippen molar-refractivity contribution >= 4 is 27.6 Å². The average Bonchev–Trinajstić information content (AvgIpc) is 2.91. The first kappa shape index (κ1) is 19.2. The predicted molar refractivity (Wildman–Crippen MR) is 93.1 cm³/mol. The van der Waals surface area contributed by atoms with Gasteiger partial charge in [0.15, 0.2) is 9.84 Å². The molecular formula is C14H18N4O5S2. The van der Waals surface area contributed by atoms with Gasteiger partial charge in [0.25, 0.3) is 0 Å². The van der Waals surface area contributed by atoms with E-state index >= 15 is 0 Å². The number of aryl methyl sites for hydroxylation is 1. The van der Waals surface area contributed by atoms with Gasteiger partial charge in [-0.3, -0.25) is 9.36 Å². The fourth-order valence-electron chi connectivity index (χ4n) is 1.98. The fraction of sp³-hybridized carbons (Fsp3) is 0.357. The van der Waals surface area contributed by atoms with Gasteiger partial charge in [0.2, 0.25) is 0 Å². The van der Waals surface area contributed by atoms with E-state index in [1.807, 2.05) is 0 Å². The minimum absolute atomic E-state index is 0.0622. The van der Waals surface area contributed by atoms with E-state index in [2.05, 4.69) is 5.10 Å². The highest BCUT2D eigenvalue weighted by Crippen LogP contribution is 2.26. The number of rotatable bonds is 8. The molecule has 0 fully saturated rings. The van der Waals surface area contributed by atoms with Crippen LogP contribution in [0.3, 0.4) is 0 Å². The van der Waals surface area contributed by atoms with Gasteiger partial charge >= 0.3 is 11.7 Å². The number of thioether (sulfide) groups is 1. The van der Waals surface area contributed by atoms with Crippen molar-refractivity contribution in [2.24, 2.45) is 12.8 Å². The Morgan fingerprint density at radius 3 is 2.52 bits per heavy atom. The molecule has 0 aliphatic heterocycles. The van der Waals surface area contributed by atoms with Gasteiger partial charge in [-0.05, 0) is 12.1 Å². The molecule has 0 saturated heterocycles. The number of sulfone groups is 1. The Labute approximate surface area is 148 Å². The number of carboxylic acids is 1. The highest BCUT2D eigenvalue weighted by molar-refractivity contribution is 8.00. The van der Waals surface area contributed by atoms with E-state index in [0.29, 0.717) is 0 Å². The Balaban J connectivity index is 2.30. The summed E-state index contributed by atoms with van der Waals surface area (Å²) < 4.78 is 27.4. The molecule has 0 aliphatic rings. The Morgan fingerprint density at radius 1 is 1.36 bits per heavy atom. The van der Waals surface area contributed by atoms with Crippen LogP contribution in [0, 0.1) is 0 Å². The number of aliphatic carboxylic acids is 1. The summed E-state index contributed by atoms with van der Waals surface area (Å²) in [6.45, 7) is 0. The lowest BCUT2D eigenvalue weighted by Gasteiger charge is -2.17. The number of hydrogen-bond donors (Lipinski definition) is 2. The second-order valence-electron chi connectivity index (χ2n) is 5.30. The first-order valence-corrected chi connectivity index (χ1v) is 9.90. The molecule has 136 valence electrons. The second kappa shape index (κ2) is 7.85. The molecule has 0 radical (unpaired) electrons. The van der Waals surface area contributed by atoms with Crippen molar-refractivity contribution in [2.75, 3.05) is 11.5 Å². The number of nitrogens with two attached hydrogens (primary N) is 1. The zero-order chi connectivity index (χ0) is 18.6. The molecule has 25 heavy (non-hydrogen) atoms. The molecule has 3 N–H and O–H groups in total. The molecular weight excluding hydrogens is 368 g/mol. The van der Waals surface area contributed by atoms with Crippen LogP contribution in [0.1, 0.15) is 5.37 Å². The van der Waals surface area contributed by atoms with Gasteiger partial charge < -0.3 is 10.8 Å². The highest BCUT2D eigenvalue weighted by Gasteiger charge is 2.27. The lowest BCUT2D eigenvalue weighted by Crippen LogP contribution is -2.35. The maximum atomic E-state index is 12.6. The number of nitrogens with zero attached hydrogens (tertiary/aromatic N) is 3. The summed E-state index contributed by atoms with van der Waals surface area (Å²) in [4.78, 5) is 23.1. The number of benzene rings is 1. The quantitative estimate of drug-likeness (QED) is 0.631. The molecule has 0 spiro atoms. The van der Waals surface area contributed by atoms with Crippen LogP contribution in [0.4, 0.5) is 0 Å². The van der Waals surface area contributed by atoms with E-state index in [-0.39, 0.29) is 10.6 Å². The fourth-order valence-corrected chi connectivity index (χ4v) is 5.04. The third-order valence-electron chi connectivity index (χ3n) is 3.37. The van der Waals surface area contributed by atoms with E-state index in [4.69, 9.17) is 10.8 Å². The molecule has 2 atom stereocenters. The van der Waals surface area contributed by atoms with Gasteiger partial charge in [0, 0.05) is 12.8 Å². The number of carbonyl (C=O) groups is 1. The molecule has 1 heterocycles. The highest BCUT2D eigenvalue weighted by atomic mass is 32.2. The van der Waals surface area contributed by atoms with Crippen LogP contribution in [0.25, 0.3) is 0 Å². The Bertz CT molecular complexity index is 891. The minimum Gasteiger partial charge on any atom is -0.480 e. The van der Waals surface area contributed by atoms with Crippen molar-refractivity contribution in [3.8, 4) is 0 Å². The molecule has 0 saturated carbocycles. The molecule has 2 aromatic rings. The maximum Gasteiger partial charge on any atom is 0.346 e. The van der Waals surface area contributed by atoms with Gasteiger partial charge in [-0.25, -0.2) is 13.2 Å². The summed E-state index contributed by atoms with van der Waals surface area (Å²) in [6, 6.07) is 6.64. The predicted octanol–water partition coefficient (Wildman–Crippen LogP) is -0.301. The molecule has 1 aromatic carbocycles. The Morgan fingerprint density at radius 2 is 2.00 bits per heavy atom. The number of hydrogen-bond acceptors (Lipinski definition) is 7. The third-order valence-corrected chi connectivity index (χ3v) is 6.63. The van der Waals surface area contributed by atoms with Crippen LogP contribution in [0.5, 0.6) is 0 Å². The zero-order valence-electron chi connectivity index (χ0n) is 13.3. The molecule has 2 rings (SSSR count). The second-order valence-corrected chi connectivity index (χ2v) is 8.54. The summed E-state index contributed by atoms with van der Waals surface area (Å²) in [5.74, 6) is -1.68. The van der Waals surface area contributed by atoms with Crippen LogP contribution in [0.2, 0.25) is 0 Å². The van der Waals surface area contributed by atoms with E-state index in [1.54, 1.807) is 18.2 Å². The summed E-state index contributed by atoms with van der Waals surface area (Å²) in [6.07, 6.45) is 1.27. The molecule has 0 aliphatic carbocycles. The lowest BCUT2D eigenvalue weighted by atomic mass is 10.4. The Kier molecular flexibility index (Phi) is 6.03. The van der Waals surface area contributed by atoms with Crippen molar-refractivity contribution in [3.63, 3.8) is 0 Å². The largest absolute Gasteiger partial charge is 0.480 e. The first-order valence-electron chi connectivity index (χ1n) is 7.20. The first-order chi connectivity index (χ1) is 11.7. The van der Waals surface area contributed by atoms with Crippen molar-refractivity contribution in [2.45, 2.75) is 16.3 Å². The SMILES string of the molecule is Cn1cnn(C(CS(=O)(=O)c2ccccc2)SCC(N)C(=O)O)c1=O.